The molecule has 6 nitrogen and oxygen atoms in total. The van der Waals surface area contributed by atoms with E-state index in [0.29, 0.717) is 36.6 Å². The van der Waals surface area contributed by atoms with Crippen LogP contribution < -0.4 is 14.2 Å². The number of likely N-dealkylation sites (tertiary alicyclic amines) is 1. The first kappa shape index (κ1) is 20.9. The maximum atomic E-state index is 14.5. The van der Waals surface area contributed by atoms with Crippen LogP contribution in [0.3, 0.4) is 0 Å². The molecule has 1 heterocycles. The van der Waals surface area contributed by atoms with Crippen LogP contribution >= 0.6 is 0 Å². The van der Waals surface area contributed by atoms with Crippen LogP contribution in [0.2, 0.25) is 0 Å². The number of ether oxygens (including phenoxy) is 3. The summed E-state index contributed by atoms with van der Waals surface area (Å²) >= 11 is 0. The van der Waals surface area contributed by atoms with E-state index in [-0.39, 0.29) is 11.8 Å². The first-order chi connectivity index (χ1) is 14.0. The van der Waals surface area contributed by atoms with Gasteiger partial charge in [0.25, 0.3) is 0 Å². The Kier molecular flexibility index (Phi) is 6.59. The molecule has 2 atom stereocenters. The maximum Gasteiger partial charge on any atom is 0.307 e. The van der Waals surface area contributed by atoms with E-state index in [1.54, 1.807) is 32.4 Å². The van der Waals surface area contributed by atoms with E-state index in [9.17, 15) is 14.3 Å². The highest BCUT2D eigenvalue weighted by atomic mass is 19.1. The van der Waals surface area contributed by atoms with Crippen LogP contribution in [0.4, 0.5) is 4.39 Å². The summed E-state index contributed by atoms with van der Waals surface area (Å²) in [7, 11) is 4.54. The molecular weight excluding hydrogens is 377 g/mol. The fourth-order valence-corrected chi connectivity index (χ4v) is 4.01. The number of rotatable bonds is 7. The van der Waals surface area contributed by atoms with Gasteiger partial charge < -0.3 is 19.3 Å². The van der Waals surface area contributed by atoms with Crippen molar-refractivity contribution in [3.63, 3.8) is 0 Å². The van der Waals surface area contributed by atoms with Crippen molar-refractivity contribution in [3.05, 3.63) is 53.3 Å². The van der Waals surface area contributed by atoms with Crippen molar-refractivity contribution < 1.29 is 28.5 Å². The van der Waals surface area contributed by atoms with Gasteiger partial charge in [-0.3, -0.25) is 9.69 Å². The summed E-state index contributed by atoms with van der Waals surface area (Å²) in [4.78, 5) is 13.7. The number of hydrogen-bond acceptors (Lipinski definition) is 5. The predicted molar refractivity (Wildman–Crippen MR) is 106 cm³/mol. The molecule has 1 saturated heterocycles. The topological polar surface area (TPSA) is 68.2 Å². The van der Waals surface area contributed by atoms with E-state index in [1.807, 2.05) is 12.1 Å². The first-order valence-electron chi connectivity index (χ1n) is 9.51. The number of carbonyl (C=O) groups is 1. The smallest absolute Gasteiger partial charge is 0.307 e. The van der Waals surface area contributed by atoms with Gasteiger partial charge in [-0.1, -0.05) is 18.2 Å². The number of para-hydroxylation sites is 1. The van der Waals surface area contributed by atoms with Crippen molar-refractivity contribution >= 4 is 5.97 Å². The Morgan fingerprint density at radius 2 is 1.90 bits per heavy atom. The molecule has 1 fully saturated rings. The largest absolute Gasteiger partial charge is 0.494 e. The molecule has 0 bridgehead atoms. The van der Waals surface area contributed by atoms with Gasteiger partial charge in [-0.15, -0.1) is 0 Å². The Balaban J connectivity index is 2.12. The number of nitrogens with zero attached hydrogens (tertiary/aromatic N) is 1. The number of carboxylic acid groups (broad SMARTS) is 1. The lowest BCUT2D eigenvalue weighted by Crippen LogP contribution is -2.41. The quantitative estimate of drug-likeness (QED) is 0.760. The lowest BCUT2D eigenvalue weighted by atomic mass is 9.90. The second-order valence-electron chi connectivity index (χ2n) is 7.05. The van der Waals surface area contributed by atoms with E-state index in [4.69, 9.17) is 14.2 Å². The number of piperidine rings is 1. The van der Waals surface area contributed by atoms with E-state index >= 15 is 0 Å². The molecule has 1 aliphatic rings. The van der Waals surface area contributed by atoms with Gasteiger partial charge in [-0.2, -0.15) is 0 Å². The second-order valence-corrected chi connectivity index (χ2v) is 7.05. The SMILES string of the molecule is COc1ccc(C(c2cccc(OC)c2OC)N2CCCC(C(=O)O)C2)cc1F. The Hall–Kier alpha value is -2.80. The van der Waals surface area contributed by atoms with Gasteiger partial charge in [0.05, 0.1) is 33.3 Å². The van der Waals surface area contributed by atoms with Crippen molar-refractivity contribution in [2.24, 2.45) is 5.92 Å². The van der Waals surface area contributed by atoms with Crippen molar-refractivity contribution in [1.29, 1.82) is 0 Å². The van der Waals surface area contributed by atoms with Gasteiger partial charge in [0, 0.05) is 12.1 Å². The molecular formula is C22H26FNO5. The minimum absolute atomic E-state index is 0.159. The monoisotopic (exact) mass is 403 g/mol. The van der Waals surface area contributed by atoms with Gasteiger partial charge in [0.1, 0.15) is 0 Å². The number of aliphatic carboxylic acids is 1. The second kappa shape index (κ2) is 9.13. The van der Waals surface area contributed by atoms with Gasteiger partial charge in [0.15, 0.2) is 23.1 Å². The average molecular weight is 403 g/mol. The zero-order valence-electron chi connectivity index (χ0n) is 16.9. The molecule has 0 spiro atoms. The zero-order valence-corrected chi connectivity index (χ0v) is 16.9. The molecule has 1 N–H and O–H groups in total. The van der Waals surface area contributed by atoms with Crippen LogP contribution in [0.15, 0.2) is 36.4 Å². The summed E-state index contributed by atoms with van der Waals surface area (Å²) in [5.41, 5.74) is 1.49. The number of halogens is 1. The summed E-state index contributed by atoms with van der Waals surface area (Å²) in [5.74, 6) is -0.474. The average Bonchev–Trinajstić information content (AvgIpc) is 2.74. The van der Waals surface area contributed by atoms with Gasteiger partial charge >= 0.3 is 5.97 Å². The first-order valence-corrected chi connectivity index (χ1v) is 9.51. The summed E-state index contributed by atoms with van der Waals surface area (Å²) in [6.45, 7) is 1.07. The van der Waals surface area contributed by atoms with Crippen LogP contribution in [-0.4, -0.2) is 50.4 Å². The molecule has 0 aliphatic carbocycles. The molecule has 7 heteroatoms. The van der Waals surface area contributed by atoms with Crippen molar-refractivity contribution in [2.75, 3.05) is 34.4 Å². The Morgan fingerprint density at radius 3 is 2.52 bits per heavy atom. The van der Waals surface area contributed by atoms with Gasteiger partial charge in [-0.05, 0) is 43.1 Å². The zero-order chi connectivity index (χ0) is 21.0. The third kappa shape index (κ3) is 4.29. The van der Waals surface area contributed by atoms with E-state index < -0.39 is 17.7 Å². The van der Waals surface area contributed by atoms with E-state index in [2.05, 4.69) is 4.90 Å². The lowest BCUT2D eigenvalue weighted by Gasteiger charge is -2.38. The molecule has 1 aliphatic heterocycles. The Labute approximate surface area is 169 Å². The van der Waals surface area contributed by atoms with Crippen LogP contribution in [0.1, 0.15) is 30.0 Å². The molecule has 0 aromatic heterocycles. The molecule has 0 radical (unpaired) electrons. The molecule has 2 unspecified atom stereocenters. The number of methoxy groups -OCH3 is 3. The summed E-state index contributed by atoms with van der Waals surface area (Å²) in [5, 5.41) is 9.53. The minimum Gasteiger partial charge on any atom is -0.494 e. The van der Waals surface area contributed by atoms with Gasteiger partial charge in [0.2, 0.25) is 0 Å². The van der Waals surface area contributed by atoms with Crippen LogP contribution in [-0.2, 0) is 4.79 Å². The standard InChI is InChI=1S/C22H26FNO5/c1-27-18-10-9-14(12-17(18)23)20(24-11-5-6-15(13-24)22(25)26)16-7-4-8-19(28-2)21(16)29-3/h4,7-10,12,15,20H,5-6,11,13H2,1-3H3,(H,25,26). The summed E-state index contributed by atoms with van der Waals surface area (Å²) in [6.07, 6.45) is 1.38. The summed E-state index contributed by atoms with van der Waals surface area (Å²) in [6, 6.07) is 9.99. The maximum absolute atomic E-state index is 14.5. The molecule has 2 aromatic rings. The molecule has 3 rings (SSSR count). The predicted octanol–water partition coefficient (Wildman–Crippen LogP) is 3.74. The van der Waals surface area contributed by atoms with Crippen molar-refractivity contribution in [1.82, 2.24) is 4.90 Å². The Bertz CT molecular complexity index is 872. The number of hydrogen-bond donors (Lipinski definition) is 1. The minimum atomic E-state index is -0.813. The molecule has 156 valence electrons. The Morgan fingerprint density at radius 1 is 1.14 bits per heavy atom. The van der Waals surface area contributed by atoms with E-state index in [0.717, 1.165) is 12.0 Å². The molecule has 29 heavy (non-hydrogen) atoms. The lowest BCUT2D eigenvalue weighted by molar-refractivity contribution is -0.143. The van der Waals surface area contributed by atoms with Crippen LogP contribution in [0.25, 0.3) is 0 Å². The third-order valence-electron chi connectivity index (χ3n) is 5.39. The summed E-state index contributed by atoms with van der Waals surface area (Å²) < 4.78 is 30.6. The number of benzene rings is 2. The van der Waals surface area contributed by atoms with Crippen LogP contribution in [0.5, 0.6) is 17.2 Å². The highest BCUT2D eigenvalue weighted by Crippen LogP contribution is 2.42. The highest BCUT2D eigenvalue weighted by molar-refractivity contribution is 5.70. The van der Waals surface area contributed by atoms with Crippen LogP contribution in [0, 0.1) is 11.7 Å². The normalized spacial score (nSPS) is 18.1. The third-order valence-corrected chi connectivity index (χ3v) is 5.39. The molecule has 0 saturated carbocycles. The molecule has 2 aromatic carbocycles. The van der Waals surface area contributed by atoms with Crippen molar-refractivity contribution in [2.45, 2.75) is 18.9 Å². The van der Waals surface area contributed by atoms with Gasteiger partial charge in [-0.25, -0.2) is 4.39 Å². The van der Waals surface area contributed by atoms with Crippen molar-refractivity contribution in [3.8, 4) is 17.2 Å². The number of carboxylic acids is 1. The molecule has 0 amide bonds. The van der Waals surface area contributed by atoms with E-state index in [1.165, 1.54) is 13.2 Å². The fraction of sp³-hybridized carbons (Fsp3) is 0.409. The fourth-order valence-electron chi connectivity index (χ4n) is 4.01. The highest BCUT2D eigenvalue weighted by Gasteiger charge is 2.33.